The summed E-state index contributed by atoms with van der Waals surface area (Å²) in [7, 11) is 0. The smallest absolute Gasteiger partial charge is 0.339 e. The number of aliphatic hydroxyl groups excluding tert-OH is 1. The van der Waals surface area contributed by atoms with E-state index in [9.17, 15) is 14.7 Å². The van der Waals surface area contributed by atoms with E-state index in [1.165, 1.54) is 6.08 Å². The van der Waals surface area contributed by atoms with Crippen LogP contribution in [0.15, 0.2) is 11.6 Å². The first-order valence-electron chi connectivity index (χ1n) is 4.30. The number of carbonyl (C=O) groups excluding carboxylic acids is 2. The molecule has 1 heterocycles. The van der Waals surface area contributed by atoms with Crippen LogP contribution in [0.4, 0.5) is 0 Å². The Balaban J connectivity index is 2.59. The lowest BCUT2D eigenvalue weighted by atomic mass is 10.2. The number of rotatable bonds is 3. The number of cyclic esters (lactones) is 1. The highest BCUT2D eigenvalue weighted by Gasteiger charge is 2.33. The molecule has 0 aliphatic carbocycles. The van der Waals surface area contributed by atoms with Crippen LogP contribution >= 0.6 is 0 Å². The number of hydrogen-bond donors (Lipinski definition) is 1. The van der Waals surface area contributed by atoms with E-state index in [0.29, 0.717) is 5.57 Å². The van der Waals surface area contributed by atoms with Crippen molar-refractivity contribution in [2.45, 2.75) is 26.1 Å². The van der Waals surface area contributed by atoms with Gasteiger partial charge in [-0.2, -0.15) is 0 Å². The van der Waals surface area contributed by atoms with E-state index in [1.54, 1.807) is 13.8 Å². The molecule has 0 bridgehead atoms. The average Bonchev–Trinajstić information content (AvgIpc) is 2.46. The lowest BCUT2D eigenvalue weighted by Crippen LogP contribution is -2.35. The van der Waals surface area contributed by atoms with Gasteiger partial charge in [-0.15, -0.1) is 0 Å². The number of ether oxygens (including phenoxy) is 2. The molecule has 0 aromatic rings. The van der Waals surface area contributed by atoms with Gasteiger partial charge in [0.05, 0.1) is 6.61 Å². The maximum atomic E-state index is 11.1. The fourth-order valence-electron chi connectivity index (χ4n) is 1.08. The highest BCUT2D eigenvalue weighted by Crippen LogP contribution is 2.16. The fourth-order valence-corrected chi connectivity index (χ4v) is 1.08. The summed E-state index contributed by atoms with van der Waals surface area (Å²) >= 11 is 0. The van der Waals surface area contributed by atoms with Gasteiger partial charge in [0.15, 0.2) is 12.2 Å². The molecular formula is C9H12O5. The number of carbonyl (C=O) groups is 2. The first-order chi connectivity index (χ1) is 6.56. The summed E-state index contributed by atoms with van der Waals surface area (Å²) in [5.74, 6) is -1.30. The molecule has 1 rings (SSSR count). The minimum atomic E-state index is -1.43. The van der Waals surface area contributed by atoms with Gasteiger partial charge in [-0.1, -0.05) is 0 Å². The first-order valence-corrected chi connectivity index (χ1v) is 4.30. The summed E-state index contributed by atoms with van der Waals surface area (Å²) < 4.78 is 9.30. The molecule has 78 valence electrons. The van der Waals surface area contributed by atoms with Crippen molar-refractivity contribution in [3.63, 3.8) is 0 Å². The van der Waals surface area contributed by atoms with Crippen LogP contribution in [0.3, 0.4) is 0 Å². The number of esters is 2. The first kappa shape index (κ1) is 10.7. The van der Waals surface area contributed by atoms with Gasteiger partial charge in [0.1, 0.15) is 0 Å². The minimum Gasteiger partial charge on any atom is -0.464 e. The standard InChI is InChI=1S/C9H12O5/c1-3-13-9(12)7(10)6-4-5(2)8(11)14-6/h4,6-7,10H,3H2,1-2H3/t6-,7-/m0/s1. The Morgan fingerprint density at radius 1 is 1.79 bits per heavy atom. The molecule has 0 radical (unpaired) electrons. The largest absolute Gasteiger partial charge is 0.464 e. The predicted molar refractivity (Wildman–Crippen MR) is 46.3 cm³/mol. The SMILES string of the molecule is CCOC(=O)[C@@H](O)[C@@H]1C=C(C)C(=O)O1. The second-order valence-electron chi connectivity index (χ2n) is 2.92. The zero-order valence-corrected chi connectivity index (χ0v) is 8.02. The van der Waals surface area contributed by atoms with Crippen LogP contribution in [0.2, 0.25) is 0 Å². The summed E-state index contributed by atoms with van der Waals surface area (Å²) in [4.78, 5) is 22.0. The van der Waals surface area contributed by atoms with Gasteiger partial charge >= 0.3 is 11.9 Å². The van der Waals surface area contributed by atoms with Crippen LogP contribution < -0.4 is 0 Å². The van der Waals surface area contributed by atoms with Gasteiger partial charge in [-0.3, -0.25) is 0 Å². The third kappa shape index (κ3) is 2.11. The molecule has 0 aromatic heterocycles. The molecule has 0 aromatic carbocycles. The molecule has 1 N–H and O–H groups in total. The minimum absolute atomic E-state index is 0.180. The van der Waals surface area contributed by atoms with E-state index in [1.807, 2.05) is 0 Å². The third-order valence-electron chi connectivity index (χ3n) is 1.82. The second kappa shape index (κ2) is 4.23. The van der Waals surface area contributed by atoms with Crippen LogP contribution in [-0.4, -0.2) is 35.9 Å². The topological polar surface area (TPSA) is 72.8 Å². The Labute approximate surface area is 81.3 Å². The van der Waals surface area contributed by atoms with Crippen LogP contribution in [0.1, 0.15) is 13.8 Å². The van der Waals surface area contributed by atoms with E-state index in [0.717, 1.165) is 0 Å². The van der Waals surface area contributed by atoms with Crippen molar-refractivity contribution < 1.29 is 24.2 Å². The number of hydrogen-bond acceptors (Lipinski definition) is 5. The second-order valence-corrected chi connectivity index (χ2v) is 2.92. The average molecular weight is 200 g/mol. The fraction of sp³-hybridized carbons (Fsp3) is 0.556. The maximum Gasteiger partial charge on any atom is 0.339 e. The van der Waals surface area contributed by atoms with E-state index < -0.39 is 24.1 Å². The molecule has 14 heavy (non-hydrogen) atoms. The monoisotopic (exact) mass is 200 g/mol. The summed E-state index contributed by atoms with van der Waals surface area (Å²) in [6, 6.07) is 0. The van der Waals surface area contributed by atoms with Crippen molar-refractivity contribution in [1.82, 2.24) is 0 Å². The third-order valence-corrected chi connectivity index (χ3v) is 1.82. The van der Waals surface area contributed by atoms with Crippen molar-refractivity contribution >= 4 is 11.9 Å². The molecular weight excluding hydrogens is 188 g/mol. The van der Waals surface area contributed by atoms with Crippen molar-refractivity contribution in [1.29, 1.82) is 0 Å². The molecule has 0 amide bonds. The zero-order valence-electron chi connectivity index (χ0n) is 8.02. The highest BCUT2D eigenvalue weighted by atomic mass is 16.6. The van der Waals surface area contributed by atoms with E-state index in [-0.39, 0.29) is 6.61 Å². The van der Waals surface area contributed by atoms with Gasteiger partial charge in [-0.05, 0) is 19.9 Å². The van der Waals surface area contributed by atoms with Crippen molar-refractivity contribution in [2.24, 2.45) is 0 Å². The van der Waals surface area contributed by atoms with Crippen LogP contribution in [0.5, 0.6) is 0 Å². The number of aliphatic hydroxyl groups is 1. The molecule has 0 unspecified atom stereocenters. The normalized spacial score (nSPS) is 22.6. The summed E-state index contributed by atoms with van der Waals surface area (Å²) in [6.45, 7) is 3.37. The van der Waals surface area contributed by atoms with Crippen molar-refractivity contribution in [3.8, 4) is 0 Å². The predicted octanol–water partition coefficient (Wildman–Crippen LogP) is -0.218. The molecule has 1 aliphatic rings. The van der Waals surface area contributed by atoms with Crippen LogP contribution in [0.25, 0.3) is 0 Å². The Morgan fingerprint density at radius 3 is 2.86 bits per heavy atom. The molecule has 2 atom stereocenters. The van der Waals surface area contributed by atoms with E-state index in [2.05, 4.69) is 4.74 Å². The molecule has 5 heteroatoms. The Bertz CT molecular complexity index is 281. The van der Waals surface area contributed by atoms with Gasteiger partial charge in [0.2, 0.25) is 0 Å². The zero-order chi connectivity index (χ0) is 10.7. The van der Waals surface area contributed by atoms with Crippen LogP contribution in [0, 0.1) is 0 Å². The highest BCUT2D eigenvalue weighted by molar-refractivity contribution is 5.91. The van der Waals surface area contributed by atoms with Gasteiger partial charge in [0.25, 0.3) is 0 Å². The lowest BCUT2D eigenvalue weighted by Gasteiger charge is -2.14. The van der Waals surface area contributed by atoms with Crippen molar-refractivity contribution in [3.05, 3.63) is 11.6 Å². The van der Waals surface area contributed by atoms with Gasteiger partial charge in [-0.25, -0.2) is 9.59 Å². The van der Waals surface area contributed by atoms with Crippen LogP contribution in [-0.2, 0) is 19.1 Å². The quantitative estimate of drug-likeness (QED) is 0.638. The molecule has 0 saturated carbocycles. The summed E-state index contributed by atoms with van der Waals surface area (Å²) in [6.07, 6.45) is -0.943. The van der Waals surface area contributed by atoms with E-state index in [4.69, 9.17) is 4.74 Å². The van der Waals surface area contributed by atoms with Gasteiger partial charge < -0.3 is 14.6 Å². The van der Waals surface area contributed by atoms with E-state index >= 15 is 0 Å². The maximum absolute atomic E-state index is 11.1. The molecule has 1 aliphatic heterocycles. The summed E-state index contributed by atoms with van der Waals surface area (Å²) in [5.41, 5.74) is 0.387. The molecule has 5 nitrogen and oxygen atoms in total. The lowest BCUT2D eigenvalue weighted by molar-refractivity contribution is -0.162. The summed E-state index contributed by atoms with van der Waals surface area (Å²) in [5, 5.41) is 9.39. The molecule has 0 saturated heterocycles. The Hall–Kier alpha value is -1.36. The molecule has 0 spiro atoms. The Morgan fingerprint density at radius 2 is 2.43 bits per heavy atom. The van der Waals surface area contributed by atoms with Crippen molar-refractivity contribution in [2.75, 3.05) is 6.61 Å². The Kier molecular flexibility index (Phi) is 3.24. The van der Waals surface area contributed by atoms with Gasteiger partial charge in [0, 0.05) is 5.57 Å². The molecule has 0 fully saturated rings.